The molecular formula is C25H28N4O3. The highest BCUT2D eigenvalue weighted by molar-refractivity contribution is 5.95. The van der Waals surface area contributed by atoms with Gasteiger partial charge in [-0.05, 0) is 43.7 Å². The maximum atomic E-state index is 12.9. The van der Waals surface area contributed by atoms with E-state index in [0.29, 0.717) is 12.3 Å². The number of hydrogen-bond acceptors (Lipinski definition) is 4. The van der Waals surface area contributed by atoms with Crippen LogP contribution in [0.1, 0.15) is 45.8 Å². The monoisotopic (exact) mass is 432 g/mol. The van der Waals surface area contributed by atoms with Crippen molar-refractivity contribution >= 4 is 11.8 Å². The maximum Gasteiger partial charge on any atom is 0.289 e. The molecule has 166 valence electrons. The number of carbonyl (C=O) groups is 2. The molecule has 1 aromatic carbocycles. The SMILES string of the molecule is Cc1c(C(=O)N2CCCC2)oc2c1-c1nn(CC(=O)NCCc3ccccc3)cc1CC2. The second-order valence-corrected chi connectivity index (χ2v) is 8.64. The summed E-state index contributed by atoms with van der Waals surface area (Å²) >= 11 is 0. The van der Waals surface area contributed by atoms with Gasteiger partial charge in [-0.3, -0.25) is 14.3 Å². The third-order valence-electron chi connectivity index (χ3n) is 6.39. The first-order chi connectivity index (χ1) is 15.6. The lowest BCUT2D eigenvalue weighted by molar-refractivity contribution is -0.121. The van der Waals surface area contributed by atoms with Crippen LogP contribution in [-0.4, -0.2) is 46.1 Å². The summed E-state index contributed by atoms with van der Waals surface area (Å²) in [6.07, 6.45) is 6.38. The Morgan fingerprint density at radius 1 is 1.12 bits per heavy atom. The molecule has 1 aliphatic heterocycles. The molecule has 0 unspecified atom stereocenters. The predicted molar refractivity (Wildman–Crippen MR) is 120 cm³/mol. The second kappa shape index (κ2) is 8.65. The molecule has 7 nitrogen and oxygen atoms in total. The van der Waals surface area contributed by atoms with Crippen molar-refractivity contribution in [1.29, 1.82) is 0 Å². The standard InChI is InChI=1S/C25H28N4O3/c1-17-22-20(32-24(17)25(31)28-13-5-6-14-28)10-9-19-15-29(27-23(19)22)16-21(30)26-12-11-18-7-3-2-4-8-18/h2-4,7-8,15H,5-6,9-14,16H2,1H3,(H,26,30). The van der Waals surface area contributed by atoms with Crippen molar-refractivity contribution in [2.75, 3.05) is 19.6 Å². The molecule has 1 saturated heterocycles. The molecule has 1 aliphatic carbocycles. The van der Waals surface area contributed by atoms with E-state index in [-0.39, 0.29) is 18.4 Å². The highest BCUT2D eigenvalue weighted by Crippen LogP contribution is 2.38. The molecule has 5 rings (SSSR count). The molecule has 2 amide bonds. The molecule has 3 aromatic rings. The van der Waals surface area contributed by atoms with Gasteiger partial charge in [0.1, 0.15) is 12.3 Å². The normalized spacial score (nSPS) is 14.8. The van der Waals surface area contributed by atoms with Crippen molar-refractivity contribution in [3.8, 4) is 11.3 Å². The van der Waals surface area contributed by atoms with Crippen LogP contribution in [0.15, 0.2) is 40.9 Å². The Morgan fingerprint density at radius 3 is 2.69 bits per heavy atom. The highest BCUT2D eigenvalue weighted by atomic mass is 16.4. The lowest BCUT2D eigenvalue weighted by Crippen LogP contribution is -2.29. The first-order valence-electron chi connectivity index (χ1n) is 11.4. The Bertz CT molecular complexity index is 1140. The van der Waals surface area contributed by atoms with Gasteiger partial charge < -0.3 is 14.6 Å². The summed E-state index contributed by atoms with van der Waals surface area (Å²) in [6.45, 7) is 4.30. The summed E-state index contributed by atoms with van der Waals surface area (Å²) in [5.74, 6) is 1.19. The van der Waals surface area contributed by atoms with Gasteiger partial charge in [0.05, 0.1) is 5.69 Å². The molecule has 0 bridgehead atoms. The van der Waals surface area contributed by atoms with Crippen molar-refractivity contribution in [3.05, 3.63) is 64.7 Å². The van der Waals surface area contributed by atoms with Crippen LogP contribution < -0.4 is 5.32 Å². The van der Waals surface area contributed by atoms with Crippen LogP contribution in [0, 0.1) is 6.92 Å². The van der Waals surface area contributed by atoms with Crippen LogP contribution in [0.2, 0.25) is 0 Å². The van der Waals surface area contributed by atoms with Crippen LogP contribution in [0.5, 0.6) is 0 Å². The van der Waals surface area contributed by atoms with Gasteiger partial charge in [0.25, 0.3) is 5.91 Å². The average Bonchev–Trinajstić information content (AvgIpc) is 3.52. The summed E-state index contributed by atoms with van der Waals surface area (Å²) < 4.78 is 7.73. The Balaban J connectivity index is 1.28. The Labute approximate surface area is 187 Å². The zero-order valence-corrected chi connectivity index (χ0v) is 18.4. The van der Waals surface area contributed by atoms with Crippen molar-refractivity contribution in [2.45, 2.75) is 45.6 Å². The molecule has 7 heteroatoms. The fourth-order valence-corrected chi connectivity index (χ4v) is 4.71. The highest BCUT2D eigenvalue weighted by Gasteiger charge is 2.32. The number of fused-ring (bicyclic) bond motifs is 3. The van der Waals surface area contributed by atoms with E-state index < -0.39 is 0 Å². The quantitative estimate of drug-likeness (QED) is 0.649. The fraction of sp³-hybridized carbons (Fsp3) is 0.400. The van der Waals surface area contributed by atoms with Crippen LogP contribution in [0.4, 0.5) is 0 Å². The lowest BCUT2D eigenvalue weighted by atomic mass is 9.93. The number of carbonyl (C=O) groups excluding carboxylic acids is 2. The maximum absolute atomic E-state index is 12.9. The Kier molecular flexibility index (Phi) is 5.55. The zero-order chi connectivity index (χ0) is 22.1. The molecule has 32 heavy (non-hydrogen) atoms. The first-order valence-corrected chi connectivity index (χ1v) is 11.4. The molecule has 1 fully saturated rings. The molecule has 0 spiro atoms. The molecule has 2 aromatic heterocycles. The first kappa shape index (κ1) is 20.5. The number of benzene rings is 1. The number of aromatic nitrogens is 2. The number of aryl methyl sites for hydroxylation is 2. The number of nitrogens with one attached hydrogen (secondary N) is 1. The molecule has 2 aliphatic rings. The fourth-order valence-electron chi connectivity index (χ4n) is 4.71. The van der Waals surface area contributed by atoms with Crippen molar-refractivity contribution < 1.29 is 14.0 Å². The number of furan rings is 1. The second-order valence-electron chi connectivity index (χ2n) is 8.64. The van der Waals surface area contributed by atoms with Crippen LogP contribution in [-0.2, 0) is 30.6 Å². The van der Waals surface area contributed by atoms with Crippen LogP contribution >= 0.6 is 0 Å². The number of rotatable bonds is 6. The number of amides is 2. The largest absolute Gasteiger partial charge is 0.455 e. The zero-order valence-electron chi connectivity index (χ0n) is 18.4. The van der Waals surface area contributed by atoms with Gasteiger partial charge >= 0.3 is 0 Å². The predicted octanol–water partition coefficient (Wildman–Crippen LogP) is 3.15. The van der Waals surface area contributed by atoms with Gasteiger partial charge in [0.2, 0.25) is 5.91 Å². The van der Waals surface area contributed by atoms with E-state index in [0.717, 1.165) is 73.3 Å². The van der Waals surface area contributed by atoms with E-state index in [1.165, 1.54) is 5.56 Å². The van der Waals surface area contributed by atoms with Gasteiger partial charge in [-0.1, -0.05) is 30.3 Å². The third kappa shape index (κ3) is 3.95. The Hall–Kier alpha value is -3.35. The van der Waals surface area contributed by atoms with E-state index in [1.807, 2.05) is 36.2 Å². The van der Waals surface area contributed by atoms with Crippen molar-refractivity contribution in [1.82, 2.24) is 20.0 Å². The van der Waals surface area contributed by atoms with Crippen LogP contribution in [0.3, 0.4) is 0 Å². The van der Waals surface area contributed by atoms with Gasteiger partial charge in [-0.25, -0.2) is 0 Å². The minimum Gasteiger partial charge on any atom is -0.455 e. The van der Waals surface area contributed by atoms with E-state index in [1.54, 1.807) is 4.68 Å². The molecule has 0 radical (unpaired) electrons. The lowest BCUT2D eigenvalue weighted by Gasteiger charge is -2.13. The molecule has 1 N–H and O–H groups in total. The topological polar surface area (TPSA) is 80.4 Å². The summed E-state index contributed by atoms with van der Waals surface area (Å²) in [5.41, 5.74) is 4.92. The summed E-state index contributed by atoms with van der Waals surface area (Å²) in [5, 5.41) is 7.67. The van der Waals surface area contributed by atoms with Crippen molar-refractivity contribution in [3.63, 3.8) is 0 Å². The van der Waals surface area contributed by atoms with Crippen LogP contribution in [0.25, 0.3) is 11.3 Å². The minimum atomic E-state index is -0.0604. The smallest absolute Gasteiger partial charge is 0.289 e. The third-order valence-corrected chi connectivity index (χ3v) is 6.39. The number of nitrogens with zero attached hydrogens (tertiary/aromatic N) is 3. The average molecular weight is 433 g/mol. The number of hydrogen-bond donors (Lipinski definition) is 1. The number of likely N-dealkylation sites (tertiary alicyclic amines) is 1. The van der Waals surface area contributed by atoms with E-state index in [4.69, 9.17) is 9.52 Å². The summed E-state index contributed by atoms with van der Waals surface area (Å²) in [7, 11) is 0. The van der Waals surface area contributed by atoms with E-state index in [2.05, 4.69) is 17.4 Å². The molecular weight excluding hydrogens is 404 g/mol. The molecule has 0 atom stereocenters. The summed E-state index contributed by atoms with van der Waals surface area (Å²) in [6, 6.07) is 10.1. The minimum absolute atomic E-state index is 0.0202. The van der Waals surface area contributed by atoms with E-state index in [9.17, 15) is 9.59 Å². The van der Waals surface area contributed by atoms with Gasteiger partial charge in [0, 0.05) is 43.4 Å². The summed E-state index contributed by atoms with van der Waals surface area (Å²) in [4.78, 5) is 27.2. The van der Waals surface area contributed by atoms with Gasteiger partial charge in [0.15, 0.2) is 5.76 Å². The molecule has 3 heterocycles. The van der Waals surface area contributed by atoms with E-state index >= 15 is 0 Å². The molecule has 0 saturated carbocycles. The van der Waals surface area contributed by atoms with Gasteiger partial charge in [-0.2, -0.15) is 5.10 Å². The Morgan fingerprint density at radius 2 is 1.91 bits per heavy atom. The van der Waals surface area contributed by atoms with Gasteiger partial charge in [-0.15, -0.1) is 0 Å². The van der Waals surface area contributed by atoms with Crippen molar-refractivity contribution in [2.24, 2.45) is 0 Å².